The molecule has 2 unspecified atom stereocenters. The van der Waals surface area contributed by atoms with E-state index in [4.69, 9.17) is 16.6 Å². The van der Waals surface area contributed by atoms with E-state index >= 15 is 8.78 Å². The number of nitrogens with zero attached hydrogens (tertiary/aromatic N) is 5. The molecule has 4 aromatic rings. The zero-order valence-electron chi connectivity index (χ0n) is 19.1. The van der Waals surface area contributed by atoms with E-state index in [-0.39, 0.29) is 12.3 Å². The third-order valence-corrected chi connectivity index (χ3v) is 7.25. The zero-order valence-corrected chi connectivity index (χ0v) is 20.7. The first kappa shape index (κ1) is 23.8. The SMILES string of the molecule is CC(C)Cc1nc2cnc(-c3nc[nH]n3)cc2n1C1CC(NC(=O)c2ccc(Cl)s2)CC(F)(F)C1. The van der Waals surface area contributed by atoms with Gasteiger partial charge in [-0.2, -0.15) is 5.10 Å². The van der Waals surface area contributed by atoms with Gasteiger partial charge in [0.25, 0.3) is 11.8 Å². The molecule has 35 heavy (non-hydrogen) atoms. The number of imidazole rings is 1. The van der Waals surface area contributed by atoms with Crippen molar-refractivity contribution in [3.05, 3.63) is 45.8 Å². The van der Waals surface area contributed by atoms with Gasteiger partial charge in [-0.05, 0) is 30.5 Å². The number of hydrogen-bond acceptors (Lipinski definition) is 6. The van der Waals surface area contributed by atoms with Crippen LogP contribution in [0.4, 0.5) is 8.78 Å². The fourth-order valence-corrected chi connectivity index (χ4v) is 5.65. The van der Waals surface area contributed by atoms with Crippen LogP contribution in [0.25, 0.3) is 22.6 Å². The Bertz CT molecular complexity index is 1350. The lowest BCUT2D eigenvalue weighted by Crippen LogP contribution is -2.45. The highest BCUT2D eigenvalue weighted by molar-refractivity contribution is 7.18. The smallest absolute Gasteiger partial charge is 0.261 e. The minimum absolute atomic E-state index is 0.272. The summed E-state index contributed by atoms with van der Waals surface area (Å²) < 4.78 is 32.4. The summed E-state index contributed by atoms with van der Waals surface area (Å²) in [6, 6.07) is 3.76. The van der Waals surface area contributed by atoms with E-state index in [0.717, 1.165) is 17.2 Å². The number of nitrogens with one attached hydrogen (secondary N) is 2. The van der Waals surface area contributed by atoms with E-state index in [1.54, 1.807) is 24.4 Å². The van der Waals surface area contributed by atoms with Crippen molar-refractivity contribution in [1.82, 2.24) is 35.0 Å². The predicted octanol–water partition coefficient (Wildman–Crippen LogP) is 5.29. The third kappa shape index (κ3) is 5.06. The maximum atomic E-state index is 15.0. The van der Waals surface area contributed by atoms with Crippen LogP contribution < -0.4 is 5.32 Å². The summed E-state index contributed by atoms with van der Waals surface area (Å²) in [7, 11) is 0. The fraction of sp³-hybridized carbons (Fsp3) is 0.435. The Morgan fingerprint density at radius 1 is 1.34 bits per heavy atom. The van der Waals surface area contributed by atoms with E-state index in [0.29, 0.717) is 44.6 Å². The topological polar surface area (TPSA) is 101 Å². The van der Waals surface area contributed by atoms with Crippen molar-refractivity contribution < 1.29 is 13.6 Å². The lowest BCUT2D eigenvalue weighted by molar-refractivity contribution is -0.0589. The highest BCUT2D eigenvalue weighted by atomic mass is 35.5. The number of thiophene rings is 1. The molecular formula is C23H24ClF2N7OS. The molecule has 4 aromatic heterocycles. The van der Waals surface area contributed by atoms with Gasteiger partial charge < -0.3 is 9.88 Å². The first-order valence-electron chi connectivity index (χ1n) is 11.4. The Morgan fingerprint density at radius 2 is 2.17 bits per heavy atom. The third-order valence-electron chi connectivity index (χ3n) is 6.02. The second-order valence-corrected chi connectivity index (χ2v) is 11.0. The van der Waals surface area contributed by atoms with Crippen molar-refractivity contribution in [3.8, 4) is 11.5 Å². The Hall–Kier alpha value is -2.92. The van der Waals surface area contributed by atoms with Gasteiger partial charge in [0.2, 0.25) is 0 Å². The van der Waals surface area contributed by atoms with Crippen LogP contribution in [0, 0.1) is 5.92 Å². The predicted molar refractivity (Wildman–Crippen MR) is 130 cm³/mol. The minimum atomic E-state index is -2.95. The molecule has 0 radical (unpaired) electrons. The number of hydrogen-bond donors (Lipinski definition) is 2. The first-order chi connectivity index (χ1) is 16.7. The van der Waals surface area contributed by atoms with Crippen LogP contribution in [0.5, 0.6) is 0 Å². The van der Waals surface area contributed by atoms with Crippen LogP contribution >= 0.6 is 22.9 Å². The average molecular weight is 520 g/mol. The summed E-state index contributed by atoms with van der Waals surface area (Å²) in [5.74, 6) is -1.92. The number of aromatic amines is 1. The molecule has 8 nitrogen and oxygen atoms in total. The Morgan fingerprint density at radius 3 is 2.86 bits per heavy atom. The second-order valence-electron chi connectivity index (χ2n) is 9.30. The van der Waals surface area contributed by atoms with E-state index in [1.807, 2.05) is 4.57 Å². The van der Waals surface area contributed by atoms with Gasteiger partial charge in [-0.1, -0.05) is 25.4 Å². The molecule has 1 amide bonds. The van der Waals surface area contributed by atoms with Crippen molar-refractivity contribution in [2.75, 3.05) is 0 Å². The molecule has 5 rings (SSSR count). The quantitative estimate of drug-likeness (QED) is 0.360. The molecule has 0 aromatic carbocycles. The van der Waals surface area contributed by atoms with Gasteiger partial charge in [0.1, 0.15) is 23.4 Å². The van der Waals surface area contributed by atoms with Crippen molar-refractivity contribution in [1.29, 1.82) is 0 Å². The summed E-state index contributed by atoms with van der Waals surface area (Å²) in [5.41, 5.74) is 1.86. The fourth-order valence-electron chi connectivity index (χ4n) is 4.70. The number of carbonyl (C=O) groups excluding carboxylic acids is 1. The molecule has 184 valence electrons. The van der Waals surface area contributed by atoms with Crippen LogP contribution in [0.1, 0.15) is 54.6 Å². The highest BCUT2D eigenvalue weighted by Gasteiger charge is 2.43. The highest BCUT2D eigenvalue weighted by Crippen LogP contribution is 2.42. The Kier molecular flexibility index (Phi) is 6.30. The zero-order chi connectivity index (χ0) is 24.7. The number of H-pyrrole nitrogens is 1. The summed E-state index contributed by atoms with van der Waals surface area (Å²) in [6.07, 6.45) is 3.32. The minimum Gasteiger partial charge on any atom is -0.348 e. The van der Waals surface area contributed by atoms with E-state index in [9.17, 15) is 4.79 Å². The second kappa shape index (κ2) is 9.27. The molecule has 12 heteroatoms. The van der Waals surface area contributed by atoms with Crippen molar-refractivity contribution in [2.24, 2.45) is 5.92 Å². The molecule has 2 N–H and O–H groups in total. The van der Waals surface area contributed by atoms with Gasteiger partial charge in [-0.25, -0.2) is 18.7 Å². The standard InChI is InChI=1S/C23H24ClF2N7OS/c1-12(2)5-20-31-16-10-27-15(21-28-11-29-32-21)7-17(16)33(20)14-6-13(8-23(25,26)9-14)30-22(34)18-3-4-19(24)35-18/h3-4,7,10-14H,5-6,8-9H2,1-2H3,(H,30,34)(H,28,29,32). The van der Waals surface area contributed by atoms with E-state index in [2.05, 4.69) is 39.3 Å². The molecule has 1 aliphatic carbocycles. The van der Waals surface area contributed by atoms with Crippen LogP contribution in [-0.2, 0) is 6.42 Å². The monoisotopic (exact) mass is 519 g/mol. The number of rotatable bonds is 6. The lowest BCUT2D eigenvalue weighted by Gasteiger charge is -2.36. The average Bonchev–Trinajstić information content (AvgIpc) is 3.51. The molecule has 1 saturated carbocycles. The van der Waals surface area contributed by atoms with Gasteiger partial charge in [0.15, 0.2) is 5.82 Å². The summed E-state index contributed by atoms with van der Waals surface area (Å²) in [6.45, 7) is 4.12. The molecule has 0 saturated heterocycles. The number of pyridine rings is 1. The van der Waals surface area contributed by atoms with Crippen molar-refractivity contribution >= 4 is 39.9 Å². The molecule has 0 aliphatic heterocycles. The first-order valence-corrected chi connectivity index (χ1v) is 12.5. The van der Waals surface area contributed by atoms with Gasteiger partial charge >= 0.3 is 0 Å². The molecule has 0 bridgehead atoms. The van der Waals surface area contributed by atoms with E-state index in [1.165, 1.54) is 6.33 Å². The normalized spacial score (nSPS) is 19.9. The van der Waals surface area contributed by atoms with Crippen LogP contribution in [0.15, 0.2) is 30.7 Å². The van der Waals surface area contributed by atoms with Crippen LogP contribution in [0.3, 0.4) is 0 Å². The van der Waals surface area contributed by atoms with E-state index < -0.39 is 30.3 Å². The van der Waals surface area contributed by atoms with Gasteiger partial charge in [0, 0.05) is 31.3 Å². The van der Waals surface area contributed by atoms with Crippen molar-refractivity contribution in [3.63, 3.8) is 0 Å². The lowest BCUT2D eigenvalue weighted by atomic mass is 9.87. The Balaban J connectivity index is 1.52. The van der Waals surface area contributed by atoms with Crippen LogP contribution in [0.2, 0.25) is 4.34 Å². The summed E-state index contributed by atoms with van der Waals surface area (Å²) >= 11 is 7.06. The molecule has 2 atom stereocenters. The van der Waals surface area contributed by atoms with Gasteiger partial charge in [-0.15, -0.1) is 11.3 Å². The maximum Gasteiger partial charge on any atom is 0.261 e. The number of amides is 1. The Labute approximate surface area is 209 Å². The summed E-state index contributed by atoms with van der Waals surface area (Å²) in [5, 5.41) is 9.55. The number of carbonyl (C=O) groups is 1. The molecule has 0 spiro atoms. The maximum absolute atomic E-state index is 15.0. The number of aromatic nitrogens is 6. The molecular weight excluding hydrogens is 496 g/mol. The number of halogens is 3. The number of fused-ring (bicyclic) bond motifs is 1. The molecule has 1 fully saturated rings. The van der Waals surface area contributed by atoms with Crippen molar-refractivity contribution in [2.45, 2.75) is 57.5 Å². The number of alkyl halides is 2. The van der Waals surface area contributed by atoms with Gasteiger partial charge in [-0.3, -0.25) is 14.9 Å². The van der Waals surface area contributed by atoms with Crippen LogP contribution in [-0.4, -0.2) is 47.6 Å². The molecule has 4 heterocycles. The van der Waals surface area contributed by atoms with Gasteiger partial charge in [0.05, 0.1) is 20.9 Å². The molecule has 1 aliphatic rings. The largest absolute Gasteiger partial charge is 0.348 e. The summed E-state index contributed by atoms with van der Waals surface area (Å²) in [4.78, 5) is 26.4.